The molecular formula is C22H27NO4S. The van der Waals surface area contributed by atoms with Gasteiger partial charge in [0.2, 0.25) is 0 Å². The summed E-state index contributed by atoms with van der Waals surface area (Å²) >= 11 is 0. The lowest BCUT2D eigenvalue weighted by Gasteiger charge is -2.31. The highest BCUT2D eigenvalue weighted by atomic mass is 32.2. The number of amides is 1. The maximum Gasteiger partial charge on any atom is 0.263 e. The smallest absolute Gasteiger partial charge is 0.263 e. The summed E-state index contributed by atoms with van der Waals surface area (Å²) < 4.78 is 29.9. The first kappa shape index (κ1) is 20.4. The van der Waals surface area contributed by atoms with Crippen LogP contribution in [0.25, 0.3) is 0 Å². The normalized spacial score (nSPS) is 19.2. The van der Waals surface area contributed by atoms with Crippen LogP contribution in [-0.4, -0.2) is 42.9 Å². The van der Waals surface area contributed by atoms with Crippen molar-refractivity contribution in [2.24, 2.45) is 0 Å². The minimum absolute atomic E-state index is 0.0158. The van der Waals surface area contributed by atoms with Crippen molar-refractivity contribution >= 4 is 15.7 Å². The number of sulfone groups is 1. The van der Waals surface area contributed by atoms with Crippen molar-refractivity contribution in [2.45, 2.75) is 45.9 Å². The molecule has 6 heteroatoms. The van der Waals surface area contributed by atoms with Crippen LogP contribution in [0.2, 0.25) is 0 Å². The standard InChI is InChI=1S/C22H27NO4S/c1-16-9-10-21(13-17(16)2)27-18(3)22(24)23(14-19-7-5-4-6-8-19)20-11-12-28(25,26)15-20/h4-10,13,18,20H,11-12,14-15H2,1-3H3/t18-,20+/m0/s1. The molecule has 0 aromatic heterocycles. The number of nitrogens with zero attached hydrogens (tertiary/aromatic N) is 1. The number of hydrogen-bond acceptors (Lipinski definition) is 4. The van der Waals surface area contributed by atoms with E-state index in [2.05, 4.69) is 0 Å². The summed E-state index contributed by atoms with van der Waals surface area (Å²) in [6.07, 6.45) is -0.230. The summed E-state index contributed by atoms with van der Waals surface area (Å²) in [7, 11) is -3.10. The molecule has 1 saturated heterocycles. The Morgan fingerprint density at radius 2 is 1.86 bits per heavy atom. The van der Waals surface area contributed by atoms with Crippen molar-refractivity contribution in [2.75, 3.05) is 11.5 Å². The van der Waals surface area contributed by atoms with Gasteiger partial charge in [-0.05, 0) is 56.0 Å². The fourth-order valence-corrected chi connectivity index (χ4v) is 5.19. The fraction of sp³-hybridized carbons (Fsp3) is 0.409. The molecule has 0 unspecified atom stereocenters. The van der Waals surface area contributed by atoms with Crippen molar-refractivity contribution in [1.82, 2.24) is 4.90 Å². The van der Waals surface area contributed by atoms with E-state index in [-0.39, 0.29) is 23.5 Å². The van der Waals surface area contributed by atoms with Gasteiger partial charge in [0.15, 0.2) is 15.9 Å². The van der Waals surface area contributed by atoms with Crippen LogP contribution in [0.3, 0.4) is 0 Å². The molecule has 1 amide bonds. The van der Waals surface area contributed by atoms with Gasteiger partial charge in [-0.25, -0.2) is 8.42 Å². The Morgan fingerprint density at radius 3 is 2.46 bits per heavy atom. The molecule has 0 radical (unpaired) electrons. The Hall–Kier alpha value is -2.34. The van der Waals surface area contributed by atoms with Crippen molar-refractivity contribution in [1.29, 1.82) is 0 Å². The summed E-state index contributed by atoms with van der Waals surface area (Å²) in [5, 5.41) is 0. The second-order valence-corrected chi connectivity index (χ2v) is 9.74. The molecule has 1 aliphatic rings. The van der Waals surface area contributed by atoms with Gasteiger partial charge in [-0.2, -0.15) is 0 Å². The van der Waals surface area contributed by atoms with Crippen LogP contribution in [-0.2, 0) is 21.2 Å². The van der Waals surface area contributed by atoms with Crippen molar-refractivity contribution < 1.29 is 17.9 Å². The van der Waals surface area contributed by atoms with E-state index < -0.39 is 15.9 Å². The number of aryl methyl sites for hydroxylation is 2. The van der Waals surface area contributed by atoms with Crippen LogP contribution >= 0.6 is 0 Å². The van der Waals surface area contributed by atoms with E-state index in [9.17, 15) is 13.2 Å². The van der Waals surface area contributed by atoms with Crippen LogP contribution < -0.4 is 4.74 Å². The Morgan fingerprint density at radius 1 is 1.14 bits per heavy atom. The van der Waals surface area contributed by atoms with Crippen molar-refractivity contribution in [3.8, 4) is 5.75 Å². The molecule has 1 heterocycles. The van der Waals surface area contributed by atoms with E-state index in [0.29, 0.717) is 18.7 Å². The molecule has 0 saturated carbocycles. The lowest BCUT2D eigenvalue weighted by Crippen LogP contribution is -2.46. The Labute approximate surface area is 167 Å². The summed E-state index contributed by atoms with van der Waals surface area (Å²) in [5.74, 6) is 0.594. The van der Waals surface area contributed by atoms with E-state index >= 15 is 0 Å². The topological polar surface area (TPSA) is 63.7 Å². The third-order valence-electron chi connectivity index (χ3n) is 5.27. The maximum absolute atomic E-state index is 13.2. The molecule has 1 aliphatic heterocycles. The van der Waals surface area contributed by atoms with Crippen molar-refractivity contribution in [3.05, 3.63) is 65.2 Å². The third kappa shape index (κ3) is 4.93. The largest absolute Gasteiger partial charge is 0.481 e. The summed E-state index contributed by atoms with van der Waals surface area (Å²) in [6.45, 7) is 6.12. The first-order valence-corrected chi connectivity index (χ1v) is 11.4. The molecule has 28 heavy (non-hydrogen) atoms. The summed E-state index contributed by atoms with van der Waals surface area (Å²) in [6, 6.07) is 15.1. The van der Waals surface area contributed by atoms with E-state index in [1.54, 1.807) is 11.8 Å². The lowest BCUT2D eigenvalue weighted by atomic mass is 10.1. The molecule has 2 aromatic rings. The SMILES string of the molecule is Cc1ccc(O[C@@H](C)C(=O)N(Cc2ccccc2)[C@@H]2CCS(=O)(=O)C2)cc1C. The summed E-state index contributed by atoms with van der Waals surface area (Å²) in [5.41, 5.74) is 3.23. The molecule has 5 nitrogen and oxygen atoms in total. The highest BCUT2D eigenvalue weighted by molar-refractivity contribution is 7.91. The highest BCUT2D eigenvalue weighted by Crippen LogP contribution is 2.23. The molecule has 0 spiro atoms. The fourth-order valence-electron chi connectivity index (χ4n) is 3.46. The number of rotatable bonds is 6. The van der Waals surface area contributed by atoms with Gasteiger partial charge < -0.3 is 9.64 Å². The monoisotopic (exact) mass is 401 g/mol. The number of carbonyl (C=O) groups is 1. The van der Waals surface area contributed by atoms with Gasteiger partial charge in [0.1, 0.15) is 5.75 Å². The first-order valence-electron chi connectivity index (χ1n) is 9.54. The number of benzene rings is 2. The van der Waals surface area contributed by atoms with Gasteiger partial charge in [0, 0.05) is 12.6 Å². The van der Waals surface area contributed by atoms with E-state index in [1.165, 1.54) is 0 Å². The minimum Gasteiger partial charge on any atom is -0.481 e. The van der Waals surface area contributed by atoms with Gasteiger partial charge in [-0.15, -0.1) is 0 Å². The second kappa shape index (κ2) is 8.35. The molecule has 0 N–H and O–H groups in total. The zero-order valence-electron chi connectivity index (χ0n) is 16.6. The van der Waals surface area contributed by atoms with Crippen LogP contribution in [0.5, 0.6) is 5.75 Å². The molecular weight excluding hydrogens is 374 g/mol. The molecule has 1 fully saturated rings. The van der Waals surface area contributed by atoms with Gasteiger partial charge >= 0.3 is 0 Å². The molecule has 3 rings (SSSR count). The predicted molar refractivity (Wildman–Crippen MR) is 110 cm³/mol. The molecule has 0 aliphatic carbocycles. The first-order chi connectivity index (χ1) is 13.2. The average Bonchev–Trinajstić information content (AvgIpc) is 3.02. The molecule has 150 valence electrons. The van der Waals surface area contributed by atoms with Crippen LogP contribution in [0.1, 0.15) is 30.0 Å². The minimum atomic E-state index is -3.10. The van der Waals surface area contributed by atoms with Crippen LogP contribution in [0.4, 0.5) is 0 Å². The maximum atomic E-state index is 13.2. The average molecular weight is 402 g/mol. The zero-order chi connectivity index (χ0) is 20.3. The van der Waals surface area contributed by atoms with Gasteiger partial charge in [-0.1, -0.05) is 36.4 Å². The molecule has 2 aromatic carbocycles. The molecule has 0 bridgehead atoms. The Kier molecular flexibility index (Phi) is 6.08. The Balaban J connectivity index is 1.79. The van der Waals surface area contributed by atoms with E-state index in [1.807, 2.05) is 62.4 Å². The third-order valence-corrected chi connectivity index (χ3v) is 7.02. The predicted octanol–water partition coefficient (Wildman–Crippen LogP) is 3.29. The number of carbonyl (C=O) groups excluding carboxylic acids is 1. The number of ether oxygens (including phenoxy) is 1. The quantitative estimate of drug-likeness (QED) is 0.745. The van der Waals surface area contributed by atoms with Crippen LogP contribution in [0.15, 0.2) is 48.5 Å². The van der Waals surface area contributed by atoms with E-state index in [0.717, 1.165) is 16.7 Å². The van der Waals surface area contributed by atoms with Gasteiger partial charge in [0.25, 0.3) is 5.91 Å². The van der Waals surface area contributed by atoms with Crippen molar-refractivity contribution in [3.63, 3.8) is 0 Å². The van der Waals surface area contributed by atoms with Gasteiger partial charge in [-0.3, -0.25) is 4.79 Å². The zero-order valence-corrected chi connectivity index (χ0v) is 17.4. The van der Waals surface area contributed by atoms with E-state index in [4.69, 9.17) is 4.74 Å². The molecule has 2 atom stereocenters. The second-order valence-electron chi connectivity index (χ2n) is 7.51. The highest BCUT2D eigenvalue weighted by Gasteiger charge is 2.36. The number of hydrogen-bond donors (Lipinski definition) is 0. The van der Waals surface area contributed by atoms with Crippen LogP contribution in [0, 0.1) is 13.8 Å². The summed E-state index contributed by atoms with van der Waals surface area (Å²) in [4.78, 5) is 14.9. The Bertz CT molecular complexity index is 940. The lowest BCUT2D eigenvalue weighted by molar-refractivity contribution is -0.140. The van der Waals surface area contributed by atoms with Gasteiger partial charge in [0.05, 0.1) is 11.5 Å².